The van der Waals surface area contributed by atoms with E-state index in [1.54, 1.807) is 18.5 Å². The highest BCUT2D eigenvalue weighted by molar-refractivity contribution is 5.85. The van der Waals surface area contributed by atoms with Crippen molar-refractivity contribution in [2.45, 2.75) is 13.3 Å². The molecule has 21 heavy (non-hydrogen) atoms. The Bertz CT molecular complexity index is 813. The molecule has 0 spiro atoms. The van der Waals surface area contributed by atoms with E-state index < -0.39 is 0 Å². The quantitative estimate of drug-likeness (QED) is 0.803. The minimum Gasteiger partial charge on any atom is -0.439 e. The number of benzene rings is 1. The average molecular weight is 286 g/mol. The van der Waals surface area contributed by atoms with Crippen LogP contribution in [0.1, 0.15) is 12.5 Å². The van der Waals surface area contributed by atoms with Crippen LogP contribution in [-0.2, 0) is 13.5 Å². The zero-order valence-electron chi connectivity index (χ0n) is 11.8. The highest BCUT2D eigenvalue weighted by Crippen LogP contribution is 2.29. The van der Waals surface area contributed by atoms with Gasteiger partial charge < -0.3 is 15.0 Å². The summed E-state index contributed by atoms with van der Waals surface area (Å²) in [5.41, 5.74) is 8.14. The van der Waals surface area contributed by atoms with Crippen molar-refractivity contribution in [2.24, 2.45) is 7.05 Å². The van der Waals surface area contributed by atoms with Gasteiger partial charge >= 0.3 is 0 Å². The van der Waals surface area contributed by atoms with Gasteiger partial charge in [0.2, 0.25) is 5.88 Å². The molecular weight excluding hydrogens is 271 g/mol. The van der Waals surface area contributed by atoms with Gasteiger partial charge in [-0.15, -0.1) is 0 Å². The lowest BCUT2D eigenvalue weighted by Crippen LogP contribution is -1.98. The Hall–Kier alpha value is -2.63. The predicted molar refractivity (Wildman–Crippen MR) is 78.8 cm³/mol. The summed E-state index contributed by atoms with van der Waals surface area (Å²) in [5.74, 6) is 0.967. The number of aromatic nitrogens is 3. The number of nitrogens with zero attached hydrogens (tertiary/aromatic N) is 3. The lowest BCUT2D eigenvalue weighted by atomic mass is 10.1. The molecule has 0 saturated carbocycles. The number of aryl methyl sites for hydroxylation is 2. The van der Waals surface area contributed by atoms with Crippen LogP contribution in [0.4, 0.5) is 10.2 Å². The summed E-state index contributed by atoms with van der Waals surface area (Å²) < 4.78 is 20.9. The van der Waals surface area contributed by atoms with Crippen LogP contribution >= 0.6 is 0 Å². The first-order valence-electron chi connectivity index (χ1n) is 6.62. The van der Waals surface area contributed by atoms with Gasteiger partial charge in [-0.1, -0.05) is 6.92 Å². The Morgan fingerprint density at radius 3 is 2.90 bits per heavy atom. The van der Waals surface area contributed by atoms with E-state index in [-0.39, 0.29) is 5.82 Å². The van der Waals surface area contributed by atoms with Crippen LogP contribution in [0.3, 0.4) is 0 Å². The Labute approximate surface area is 121 Å². The molecule has 0 aliphatic rings. The number of halogens is 1. The molecule has 2 aromatic heterocycles. The molecule has 0 unspecified atom stereocenters. The largest absolute Gasteiger partial charge is 0.439 e. The molecule has 2 heterocycles. The fourth-order valence-corrected chi connectivity index (χ4v) is 2.22. The Morgan fingerprint density at radius 2 is 2.14 bits per heavy atom. The van der Waals surface area contributed by atoms with Crippen molar-refractivity contribution in [1.82, 2.24) is 14.5 Å². The normalized spacial score (nSPS) is 11.0. The van der Waals surface area contributed by atoms with Crippen molar-refractivity contribution >= 4 is 16.9 Å². The first kappa shape index (κ1) is 13.4. The van der Waals surface area contributed by atoms with Crippen LogP contribution in [0, 0.1) is 5.82 Å². The van der Waals surface area contributed by atoms with E-state index in [0.29, 0.717) is 29.4 Å². The Balaban J connectivity index is 2.04. The number of nitrogen functional groups attached to an aromatic ring is 1. The summed E-state index contributed by atoms with van der Waals surface area (Å²) in [6.45, 7) is 1.94. The van der Waals surface area contributed by atoms with Gasteiger partial charge in [-0.05, 0) is 30.2 Å². The third-order valence-electron chi connectivity index (χ3n) is 3.33. The predicted octanol–water partition coefficient (Wildman–Crippen LogP) is 3.04. The molecule has 0 bridgehead atoms. The molecule has 3 rings (SSSR count). The molecule has 0 radical (unpaired) electrons. The smallest absolute Gasteiger partial charge is 0.223 e. The number of rotatable bonds is 3. The highest BCUT2D eigenvalue weighted by atomic mass is 19.1. The van der Waals surface area contributed by atoms with Gasteiger partial charge in [-0.25, -0.2) is 9.37 Å². The van der Waals surface area contributed by atoms with E-state index in [2.05, 4.69) is 9.97 Å². The lowest BCUT2D eigenvalue weighted by molar-refractivity contribution is 0.457. The molecule has 0 atom stereocenters. The summed E-state index contributed by atoms with van der Waals surface area (Å²) in [6.07, 6.45) is 2.33. The summed E-state index contributed by atoms with van der Waals surface area (Å²) >= 11 is 0. The van der Waals surface area contributed by atoms with E-state index in [4.69, 9.17) is 10.5 Å². The molecule has 0 fully saturated rings. The Kier molecular flexibility index (Phi) is 3.21. The van der Waals surface area contributed by atoms with Crippen LogP contribution in [0.2, 0.25) is 0 Å². The van der Waals surface area contributed by atoms with E-state index in [1.165, 1.54) is 12.1 Å². The maximum Gasteiger partial charge on any atom is 0.223 e. The molecule has 0 aliphatic carbocycles. The molecule has 0 aliphatic heterocycles. The van der Waals surface area contributed by atoms with Crippen molar-refractivity contribution in [3.8, 4) is 11.6 Å². The lowest BCUT2D eigenvalue weighted by Gasteiger charge is -2.10. The summed E-state index contributed by atoms with van der Waals surface area (Å²) in [4.78, 5) is 8.38. The van der Waals surface area contributed by atoms with Gasteiger partial charge in [0.05, 0.1) is 11.8 Å². The van der Waals surface area contributed by atoms with Crippen LogP contribution in [-0.4, -0.2) is 14.5 Å². The second-order valence-electron chi connectivity index (χ2n) is 4.78. The first-order chi connectivity index (χ1) is 10.1. The summed E-state index contributed by atoms with van der Waals surface area (Å²) in [7, 11) is 1.87. The minimum absolute atomic E-state index is 0.284. The first-order valence-corrected chi connectivity index (χ1v) is 6.62. The van der Waals surface area contributed by atoms with E-state index in [0.717, 1.165) is 11.1 Å². The van der Waals surface area contributed by atoms with E-state index in [9.17, 15) is 4.39 Å². The van der Waals surface area contributed by atoms with Crippen LogP contribution in [0.25, 0.3) is 11.0 Å². The van der Waals surface area contributed by atoms with Gasteiger partial charge in [0.15, 0.2) is 5.82 Å². The molecule has 0 saturated heterocycles. The molecule has 6 heteroatoms. The van der Waals surface area contributed by atoms with Crippen molar-refractivity contribution in [3.05, 3.63) is 42.0 Å². The monoisotopic (exact) mass is 286 g/mol. The van der Waals surface area contributed by atoms with Gasteiger partial charge in [0, 0.05) is 13.1 Å². The fraction of sp³-hybridized carbons (Fsp3) is 0.200. The molecule has 3 aromatic rings. The summed E-state index contributed by atoms with van der Waals surface area (Å²) in [6, 6.07) is 6.18. The van der Waals surface area contributed by atoms with Crippen molar-refractivity contribution in [2.75, 3.05) is 5.73 Å². The van der Waals surface area contributed by atoms with Crippen molar-refractivity contribution in [1.29, 1.82) is 0 Å². The summed E-state index contributed by atoms with van der Waals surface area (Å²) in [5, 5.41) is 0. The highest BCUT2D eigenvalue weighted by Gasteiger charge is 2.11. The zero-order valence-corrected chi connectivity index (χ0v) is 11.8. The standard InChI is InChI=1S/C15H15FN4O/c1-3-9-6-10(16)4-5-12(9)21-13-7-11-14(15(17)19-13)18-8-20(11)2/h4-8H,3H2,1-2H3,(H2,17,19). The number of hydrogen-bond donors (Lipinski definition) is 1. The molecule has 5 nitrogen and oxygen atoms in total. The maximum atomic E-state index is 13.3. The average Bonchev–Trinajstić information content (AvgIpc) is 2.83. The van der Waals surface area contributed by atoms with Gasteiger partial charge in [0.25, 0.3) is 0 Å². The van der Waals surface area contributed by atoms with Gasteiger partial charge in [-0.2, -0.15) is 4.98 Å². The van der Waals surface area contributed by atoms with Crippen molar-refractivity contribution in [3.63, 3.8) is 0 Å². The zero-order chi connectivity index (χ0) is 15.0. The van der Waals surface area contributed by atoms with E-state index >= 15 is 0 Å². The third kappa shape index (κ3) is 2.40. The maximum absolute atomic E-state index is 13.3. The number of fused-ring (bicyclic) bond motifs is 1. The molecule has 1 aromatic carbocycles. The second kappa shape index (κ2) is 5.05. The number of pyridine rings is 1. The molecule has 108 valence electrons. The number of hydrogen-bond acceptors (Lipinski definition) is 4. The van der Waals surface area contributed by atoms with Gasteiger partial charge in [-0.3, -0.25) is 0 Å². The number of ether oxygens (including phenoxy) is 1. The fourth-order valence-electron chi connectivity index (χ4n) is 2.22. The van der Waals surface area contributed by atoms with Crippen molar-refractivity contribution < 1.29 is 9.13 Å². The van der Waals surface area contributed by atoms with Gasteiger partial charge in [0.1, 0.15) is 17.1 Å². The molecule has 2 N–H and O–H groups in total. The SMILES string of the molecule is CCc1cc(F)ccc1Oc1cc2c(ncn2C)c(N)n1. The topological polar surface area (TPSA) is 66.0 Å². The Morgan fingerprint density at radius 1 is 1.33 bits per heavy atom. The molecule has 0 amide bonds. The minimum atomic E-state index is -0.284. The number of imidazole rings is 1. The van der Waals surface area contributed by atoms with Crippen LogP contribution in [0.5, 0.6) is 11.6 Å². The molecular formula is C15H15FN4O. The number of anilines is 1. The van der Waals surface area contributed by atoms with Crippen LogP contribution < -0.4 is 10.5 Å². The third-order valence-corrected chi connectivity index (χ3v) is 3.33. The van der Waals surface area contributed by atoms with E-state index in [1.807, 2.05) is 18.5 Å². The second-order valence-corrected chi connectivity index (χ2v) is 4.78. The van der Waals surface area contributed by atoms with Crippen LogP contribution in [0.15, 0.2) is 30.6 Å². The number of nitrogens with two attached hydrogens (primary N) is 1.